The van der Waals surface area contributed by atoms with Crippen LogP contribution in [-0.4, -0.2) is 11.6 Å². The molecule has 162 valence electrons. The van der Waals surface area contributed by atoms with E-state index in [4.69, 9.17) is 16.3 Å². The Labute approximate surface area is 221 Å². The van der Waals surface area contributed by atoms with Crippen LogP contribution in [0, 0.1) is 3.57 Å². The molecule has 0 N–H and O–H groups in total. The molecule has 0 saturated carbocycles. The molecule has 0 unspecified atom stereocenters. The summed E-state index contributed by atoms with van der Waals surface area (Å²) in [7, 11) is 0. The van der Waals surface area contributed by atoms with Crippen LogP contribution in [0.25, 0.3) is 6.08 Å². The third-order valence-electron chi connectivity index (χ3n) is 4.80. The molecule has 0 radical (unpaired) electrons. The van der Waals surface area contributed by atoms with E-state index in [1.54, 1.807) is 0 Å². The van der Waals surface area contributed by atoms with E-state index in [9.17, 15) is 4.79 Å². The predicted molar refractivity (Wildman–Crippen MR) is 145 cm³/mol. The van der Waals surface area contributed by atoms with Gasteiger partial charge in [0, 0.05) is 25.1 Å². The minimum Gasteiger partial charge on any atom is -0.487 e. The summed E-state index contributed by atoms with van der Waals surface area (Å²) in [6.07, 6.45) is 1.83. The maximum Gasteiger partial charge on any atom is 0.280 e. The zero-order valence-corrected chi connectivity index (χ0v) is 22.9. The summed E-state index contributed by atoms with van der Waals surface area (Å²) in [5, 5.41) is 6.54. The van der Waals surface area contributed by atoms with Crippen molar-refractivity contribution in [2.75, 3.05) is 5.01 Å². The van der Waals surface area contributed by atoms with E-state index >= 15 is 0 Å². The summed E-state index contributed by atoms with van der Waals surface area (Å²) >= 11 is 15.5. The van der Waals surface area contributed by atoms with Gasteiger partial charge in [-0.15, -0.1) is 0 Å². The zero-order chi connectivity index (χ0) is 22.8. The topological polar surface area (TPSA) is 41.9 Å². The van der Waals surface area contributed by atoms with Crippen LogP contribution >= 0.6 is 66.1 Å². The molecule has 32 heavy (non-hydrogen) atoms. The van der Waals surface area contributed by atoms with Gasteiger partial charge in [-0.2, -0.15) is 10.1 Å². The van der Waals surface area contributed by atoms with Gasteiger partial charge >= 0.3 is 0 Å². The highest BCUT2D eigenvalue weighted by atomic mass is 127. The molecule has 4 nitrogen and oxygen atoms in total. The summed E-state index contributed by atoms with van der Waals surface area (Å²) < 4.78 is 8.92. The van der Waals surface area contributed by atoms with E-state index in [2.05, 4.69) is 59.6 Å². The number of ether oxygens (including phenoxy) is 1. The van der Waals surface area contributed by atoms with Crippen LogP contribution in [0.15, 0.2) is 80.3 Å². The van der Waals surface area contributed by atoms with Gasteiger partial charge in [-0.25, -0.2) is 0 Å². The molecule has 0 atom stereocenters. The van der Waals surface area contributed by atoms with Crippen molar-refractivity contribution in [3.63, 3.8) is 0 Å². The lowest BCUT2D eigenvalue weighted by Gasteiger charge is -2.14. The molecule has 1 heterocycles. The lowest BCUT2D eigenvalue weighted by Crippen LogP contribution is -2.21. The Hall–Kier alpha value is -1.68. The number of nitrogens with zero attached hydrogens (tertiary/aromatic N) is 2. The molecule has 3 aromatic rings. The van der Waals surface area contributed by atoms with Gasteiger partial charge in [0.2, 0.25) is 0 Å². The van der Waals surface area contributed by atoms with Crippen molar-refractivity contribution >= 4 is 89.4 Å². The SMILES string of the molecule is CC1=NN(c2ccc(Br)cc2)C(=O)/C1=C\c1cc(Br)cc(I)c1OCc1ccccc1Cl. The second-order valence-corrected chi connectivity index (χ2v) is 10.4. The van der Waals surface area contributed by atoms with Gasteiger partial charge in [0.05, 0.1) is 20.5 Å². The molecular weight excluding hydrogens is 670 g/mol. The number of rotatable bonds is 5. The summed E-state index contributed by atoms with van der Waals surface area (Å²) in [6, 6.07) is 18.9. The van der Waals surface area contributed by atoms with Crippen LogP contribution in [0.2, 0.25) is 5.02 Å². The van der Waals surface area contributed by atoms with Gasteiger partial charge in [0.15, 0.2) is 0 Å². The number of benzene rings is 3. The van der Waals surface area contributed by atoms with Crippen molar-refractivity contribution in [2.45, 2.75) is 13.5 Å². The number of halogens is 4. The zero-order valence-electron chi connectivity index (χ0n) is 16.8. The lowest BCUT2D eigenvalue weighted by atomic mass is 10.1. The first-order chi connectivity index (χ1) is 15.3. The average Bonchev–Trinajstić information content (AvgIpc) is 3.03. The first-order valence-electron chi connectivity index (χ1n) is 9.56. The third kappa shape index (κ3) is 5.11. The highest BCUT2D eigenvalue weighted by molar-refractivity contribution is 14.1. The third-order valence-corrected chi connectivity index (χ3v) is 6.96. The summed E-state index contributed by atoms with van der Waals surface area (Å²) in [4.78, 5) is 13.2. The average molecular weight is 687 g/mol. The van der Waals surface area contributed by atoms with Crippen LogP contribution in [0.3, 0.4) is 0 Å². The highest BCUT2D eigenvalue weighted by Gasteiger charge is 2.29. The van der Waals surface area contributed by atoms with Crippen molar-refractivity contribution in [1.82, 2.24) is 0 Å². The molecule has 1 aliphatic heterocycles. The number of hydrogen-bond acceptors (Lipinski definition) is 3. The number of hydrogen-bond donors (Lipinski definition) is 0. The van der Waals surface area contributed by atoms with E-state index in [0.29, 0.717) is 34.4 Å². The standard InChI is InChI=1S/C24H16Br2ClIN2O2/c1-14-20(24(31)30(29-14)19-8-6-17(25)7-9-19)11-16-10-18(26)12-22(28)23(16)32-13-15-4-2-3-5-21(15)27/h2-12H,13H2,1H3/b20-11-. The summed E-state index contributed by atoms with van der Waals surface area (Å²) in [6.45, 7) is 2.15. The minimum atomic E-state index is -0.183. The Morgan fingerprint density at radius 3 is 2.53 bits per heavy atom. The van der Waals surface area contributed by atoms with Gasteiger partial charge < -0.3 is 4.74 Å². The first-order valence-corrected chi connectivity index (χ1v) is 12.6. The Kier molecular flexibility index (Phi) is 7.39. The second kappa shape index (κ2) is 10.1. The van der Waals surface area contributed by atoms with Crippen molar-refractivity contribution in [1.29, 1.82) is 0 Å². The monoisotopic (exact) mass is 684 g/mol. The van der Waals surface area contributed by atoms with Crippen molar-refractivity contribution in [3.05, 3.63) is 94.9 Å². The lowest BCUT2D eigenvalue weighted by molar-refractivity contribution is -0.114. The fourth-order valence-corrected chi connectivity index (χ4v) is 5.36. The van der Waals surface area contributed by atoms with Crippen LogP contribution in [0.1, 0.15) is 18.1 Å². The van der Waals surface area contributed by atoms with Gasteiger partial charge in [-0.3, -0.25) is 4.79 Å². The van der Waals surface area contributed by atoms with Crippen molar-refractivity contribution < 1.29 is 9.53 Å². The molecule has 4 rings (SSSR count). The normalized spacial score (nSPS) is 14.8. The second-order valence-electron chi connectivity index (χ2n) is 7.02. The molecule has 0 aliphatic carbocycles. The van der Waals surface area contributed by atoms with E-state index in [0.717, 1.165) is 23.6 Å². The van der Waals surface area contributed by atoms with Crippen LogP contribution in [-0.2, 0) is 11.4 Å². The maximum absolute atomic E-state index is 13.2. The highest BCUT2D eigenvalue weighted by Crippen LogP contribution is 2.34. The molecule has 0 aromatic heterocycles. The number of amides is 1. The smallest absolute Gasteiger partial charge is 0.280 e. The molecule has 8 heteroatoms. The summed E-state index contributed by atoms with van der Waals surface area (Å²) in [5.41, 5.74) is 3.54. The molecule has 1 amide bonds. The summed E-state index contributed by atoms with van der Waals surface area (Å²) in [5.74, 6) is 0.501. The van der Waals surface area contributed by atoms with Gasteiger partial charge in [0.1, 0.15) is 12.4 Å². The number of carbonyl (C=O) groups excluding carboxylic acids is 1. The van der Waals surface area contributed by atoms with Crippen LogP contribution < -0.4 is 9.75 Å². The van der Waals surface area contributed by atoms with E-state index in [-0.39, 0.29) is 5.91 Å². The molecule has 1 aliphatic rings. The minimum absolute atomic E-state index is 0.183. The van der Waals surface area contributed by atoms with Crippen molar-refractivity contribution in [2.24, 2.45) is 5.10 Å². The maximum atomic E-state index is 13.2. The van der Waals surface area contributed by atoms with Gasteiger partial charge in [-0.05, 0) is 78.1 Å². The molecule has 0 spiro atoms. The Morgan fingerprint density at radius 1 is 1.09 bits per heavy atom. The molecular formula is C24H16Br2ClIN2O2. The molecule has 3 aromatic carbocycles. The van der Waals surface area contributed by atoms with Gasteiger partial charge in [0.25, 0.3) is 5.91 Å². The Bertz CT molecular complexity index is 1260. The van der Waals surface area contributed by atoms with Crippen molar-refractivity contribution in [3.8, 4) is 5.75 Å². The fourth-order valence-electron chi connectivity index (χ4n) is 3.20. The fraction of sp³-hybridized carbons (Fsp3) is 0.0833. The number of carbonyl (C=O) groups is 1. The quantitative estimate of drug-likeness (QED) is 0.203. The van der Waals surface area contributed by atoms with E-state index in [1.807, 2.05) is 73.7 Å². The van der Waals surface area contributed by atoms with Crippen LogP contribution in [0.5, 0.6) is 5.75 Å². The molecule has 0 fully saturated rings. The predicted octanol–water partition coefficient (Wildman–Crippen LogP) is 7.85. The largest absolute Gasteiger partial charge is 0.487 e. The molecule has 0 saturated heterocycles. The van der Waals surface area contributed by atoms with E-state index in [1.165, 1.54) is 5.01 Å². The first kappa shape index (κ1) is 23.5. The van der Waals surface area contributed by atoms with Gasteiger partial charge in [-0.1, -0.05) is 61.7 Å². The molecule has 0 bridgehead atoms. The number of hydrazone groups is 1. The Morgan fingerprint density at radius 2 is 1.81 bits per heavy atom. The van der Waals surface area contributed by atoms with Crippen LogP contribution in [0.4, 0.5) is 5.69 Å². The van der Waals surface area contributed by atoms with E-state index < -0.39 is 0 Å². The number of anilines is 1. The Balaban J connectivity index is 1.67.